The van der Waals surface area contributed by atoms with Crippen molar-refractivity contribution in [2.24, 2.45) is 11.3 Å². The van der Waals surface area contributed by atoms with E-state index >= 15 is 0 Å². The van der Waals surface area contributed by atoms with Gasteiger partial charge < -0.3 is 15.4 Å². The zero-order valence-electron chi connectivity index (χ0n) is 11.8. The maximum absolute atomic E-state index is 11.9. The SMILES string of the molecule is CCNC(=O)C(C)(C)CN[C@@H]1C[C@@H]2OCCC[C@@H]21. The summed E-state index contributed by atoms with van der Waals surface area (Å²) in [6, 6.07) is 0.545. The van der Waals surface area contributed by atoms with Gasteiger partial charge in [0.15, 0.2) is 0 Å². The van der Waals surface area contributed by atoms with E-state index in [9.17, 15) is 4.79 Å². The van der Waals surface area contributed by atoms with Gasteiger partial charge in [0.2, 0.25) is 5.91 Å². The molecule has 2 aliphatic rings. The molecule has 0 unspecified atom stereocenters. The Bertz CT molecular complexity index is 304. The lowest BCUT2D eigenvalue weighted by atomic mass is 9.72. The zero-order chi connectivity index (χ0) is 13.2. The first kappa shape index (κ1) is 13.8. The average Bonchev–Trinajstić information content (AvgIpc) is 2.30. The van der Waals surface area contributed by atoms with Crippen LogP contribution in [0.1, 0.15) is 40.0 Å². The quantitative estimate of drug-likeness (QED) is 0.777. The third-order valence-corrected chi connectivity index (χ3v) is 4.25. The van der Waals surface area contributed by atoms with Crippen LogP contribution in [0, 0.1) is 11.3 Å². The van der Waals surface area contributed by atoms with E-state index in [0.29, 0.717) is 24.6 Å². The molecule has 0 aromatic heterocycles. The predicted molar refractivity (Wildman–Crippen MR) is 71.3 cm³/mol. The minimum atomic E-state index is -0.337. The number of amides is 1. The number of hydrogen-bond donors (Lipinski definition) is 2. The van der Waals surface area contributed by atoms with Crippen molar-refractivity contribution < 1.29 is 9.53 Å². The van der Waals surface area contributed by atoms with Gasteiger partial charge in [-0.1, -0.05) is 0 Å². The first-order chi connectivity index (χ1) is 8.54. The minimum absolute atomic E-state index is 0.133. The second kappa shape index (κ2) is 5.57. The molecule has 2 N–H and O–H groups in total. The first-order valence-corrected chi connectivity index (χ1v) is 7.18. The van der Waals surface area contributed by atoms with Crippen LogP contribution in [0.15, 0.2) is 0 Å². The molecule has 1 saturated heterocycles. The monoisotopic (exact) mass is 254 g/mol. The molecule has 18 heavy (non-hydrogen) atoms. The lowest BCUT2D eigenvalue weighted by Crippen LogP contribution is -2.58. The minimum Gasteiger partial charge on any atom is -0.378 e. The molecular weight excluding hydrogens is 228 g/mol. The highest BCUT2D eigenvalue weighted by Crippen LogP contribution is 2.38. The summed E-state index contributed by atoms with van der Waals surface area (Å²) in [5.74, 6) is 0.803. The fourth-order valence-electron chi connectivity index (χ4n) is 2.90. The van der Waals surface area contributed by atoms with Crippen molar-refractivity contribution in [3.05, 3.63) is 0 Å². The third kappa shape index (κ3) is 2.86. The molecule has 0 aromatic rings. The molecule has 0 radical (unpaired) electrons. The van der Waals surface area contributed by atoms with Crippen LogP contribution < -0.4 is 10.6 Å². The molecule has 4 nitrogen and oxygen atoms in total. The van der Waals surface area contributed by atoms with Crippen molar-refractivity contribution in [2.45, 2.75) is 52.2 Å². The van der Waals surface area contributed by atoms with Crippen molar-refractivity contribution >= 4 is 5.91 Å². The molecule has 0 bridgehead atoms. The molecular formula is C14H26N2O2. The van der Waals surface area contributed by atoms with Crippen molar-refractivity contribution in [1.82, 2.24) is 10.6 Å². The number of carbonyl (C=O) groups is 1. The van der Waals surface area contributed by atoms with Gasteiger partial charge in [0.05, 0.1) is 11.5 Å². The van der Waals surface area contributed by atoms with Crippen LogP contribution >= 0.6 is 0 Å². The van der Waals surface area contributed by atoms with Gasteiger partial charge in [-0.25, -0.2) is 0 Å². The maximum atomic E-state index is 11.9. The van der Waals surface area contributed by atoms with E-state index in [4.69, 9.17) is 4.74 Å². The topological polar surface area (TPSA) is 50.4 Å². The van der Waals surface area contributed by atoms with E-state index < -0.39 is 0 Å². The summed E-state index contributed by atoms with van der Waals surface area (Å²) in [7, 11) is 0. The van der Waals surface area contributed by atoms with Gasteiger partial charge in [0.1, 0.15) is 0 Å². The van der Waals surface area contributed by atoms with E-state index in [-0.39, 0.29) is 11.3 Å². The Hall–Kier alpha value is -0.610. The predicted octanol–water partition coefficient (Wildman–Crippen LogP) is 1.31. The number of hydrogen-bond acceptors (Lipinski definition) is 3. The molecule has 1 amide bonds. The summed E-state index contributed by atoms with van der Waals surface area (Å²) >= 11 is 0. The molecule has 1 aliphatic heterocycles. The van der Waals surface area contributed by atoms with E-state index in [1.54, 1.807) is 0 Å². The fourth-order valence-corrected chi connectivity index (χ4v) is 2.90. The fraction of sp³-hybridized carbons (Fsp3) is 0.929. The van der Waals surface area contributed by atoms with Crippen molar-refractivity contribution in [2.75, 3.05) is 19.7 Å². The Morgan fingerprint density at radius 1 is 1.44 bits per heavy atom. The van der Waals surface area contributed by atoms with Crippen LogP contribution in [-0.2, 0) is 9.53 Å². The van der Waals surface area contributed by atoms with Crippen LogP contribution in [0.4, 0.5) is 0 Å². The van der Waals surface area contributed by atoms with Crippen molar-refractivity contribution in [3.8, 4) is 0 Å². The highest BCUT2D eigenvalue weighted by molar-refractivity contribution is 5.81. The van der Waals surface area contributed by atoms with Crippen LogP contribution in [0.5, 0.6) is 0 Å². The maximum Gasteiger partial charge on any atom is 0.226 e. The Balaban J connectivity index is 1.76. The molecule has 1 aliphatic carbocycles. The summed E-state index contributed by atoms with van der Waals surface area (Å²) in [5.41, 5.74) is -0.337. The molecule has 2 rings (SSSR count). The molecule has 104 valence electrons. The Kier molecular flexibility index (Phi) is 4.28. The smallest absolute Gasteiger partial charge is 0.226 e. The largest absolute Gasteiger partial charge is 0.378 e. The lowest BCUT2D eigenvalue weighted by molar-refractivity contribution is -0.130. The summed E-state index contributed by atoms with van der Waals surface area (Å²) in [6.07, 6.45) is 4.03. The van der Waals surface area contributed by atoms with Crippen molar-refractivity contribution in [1.29, 1.82) is 0 Å². The molecule has 1 saturated carbocycles. The number of carbonyl (C=O) groups excluding carboxylic acids is 1. The Morgan fingerprint density at radius 3 is 2.89 bits per heavy atom. The summed E-state index contributed by atoms with van der Waals surface area (Å²) in [4.78, 5) is 11.9. The molecule has 1 heterocycles. The van der Waals surface area contributed by atoms with Crippen LogP contribution in [0.3, 0.4) is 0 Å². The molecule has 0 aromatic carbocycles. The van der Waals surface area contributed by atoms with Gasteiger partial charge in [-0.3, -0.25) is 4.79 Å². The number of fused-ring (bicyclic) bond motifs is 1. The zero-order valence-corrected chi connectivity index (χ0v) is 11.8. The Morgan fingerprint density at radius 2 is 2.22 bits per heavy atom. The third-order valence-electron chi connectivity index (χ3n) is 4.25. The summed E-state index contributed by atoms with van der Waals surface area (Å²) < 4.78 is 5.71. The number of nitrogens with one attached hydrogen (secondary N) is 2. The van der Waals surface area contributed by atoms with Gasteiger partial charge in [-0.2, -0.15) is 0 Å². The highest BCUT2D eigenvalue weighted by atomic mass is 16.5. The molecule has 4 heteroatoms. The second-order valence-corrected chi connectivity index (χ2v) is 6.18. The van der Waals surface area contributed by atoms with Crippen LogP contribution in [0.25, 0.3) is 0 Å². The Labute approximate surface area is 110 Å². The molecule has 0 spiro atoms. The van der Waals surface area contributed by atoms with Gasteiger partial charge in [-0.15, -0.1) is 0 Å². The summed E-state index contributed by atoms with van der Waals surface area (Å²) in [5, 5.41) is 6.46. The molecule has 3 atom stereocenters. The van der Waals surface area contributed by atoms with Crippen LogP contribution in [0.2, 0.25) is 0 Å². The second-order valence-electron chi connectivity index (χ2n) is 6.18. The highest BCUT2D eigenvalue weighted by Gasteiger charge is 2.43. The van der Waals surface area contributed by atoms with E-state index in [0.717, 1.165) is 19.6 Å². The number of rotatable bonds is 5. The lowest BCUT2D eigenvalue weighted by Gasteiger charge is -2.48. The average molecular weight is 254 g/mol. The van der Waals surface area contributed by atoms with Gasteiger partial charge in [-0.05, 0) is 40.0 Å². The standard InChI is InChI=1S/C14H26N2O2/c1-4-15-13(17)14(2,3)9-16-11-8-12-10(11)6-5-7-18-12/h10-12,16H,4-9H2,1-3H3,(H,15,17)/t10-,11-,12+/m1/s1. The van der Waals surface area contributed by atoms with Crippen LogP contribution in [-0.4, -0.2) is 37.7 Å². The first-order valence-electron chi connectivity index (χ1n) is 7.18. The normalized spacial score (nSPS) is 31.4. The molecule has 2 fully saturated rings. The van der Waals surface area contributed by atoms with Gasteiger partial charge >= 0.3 is 0 Å². The van der Waals surface area contributed by atoms with Gasteiger partial charge in [0, 0.05) is 31.7 Å². The van der Waals surface area contributed by atoms with E-state index in [1.807, 2.05) is 20.8 Å². The van der Waals surface area contributed by atoms with E-state index in [1.165, 1.54) is 12.8 Å². The van der Waals surface area contributed by atoms with Crippen molar-refractivity contribution in [3.63, 3.8) is 0 Å². The number of ether oxygens (including phenoxy) is 1. The van der Waals surface area contributed by atoms with E-state index in [2.05, 4.69) is 10.6 Å². The summed E-state index contributed by atoms with van der Waals surface area (Å²) in [6.45, 7) is 8.32. The van der Waals surface area contributed by atoms with Gasteiger partial charge in [0.25, 0.3) is 0 Å².